The number of anilines is 1. The molecule has 1 aromatic heterocycles. The van der Waals surface area contributed by atoms with Crippen molar-refractivity contribution >= 4 is 73.6 Å². The molecule has 0 saturated heterocycles. The number of hydrogen-bond donors (Lipinski definition) is 1. The third kappa shape index (κ3) is 7.95. The molecule has 0 fully saturated rings. The van der Waals surface area contributed by atoms with Gasteiger partial charge in [0.2, 0.25) is 11.4 Å². The zero-order valence-electron chi connectivity index (χ0n) is 35.5. The Morgan fingerprint density at radius 3 is 2.31 bits per heavy atom. The van der Waals surface area contributed by atoms with Gasteiger partial charge in [0, 0.05) is 28.2 Å². The number of benzene rings is 5. The van der Waals surface area contributed by atoms with Gasteiger partial charge >= 0.3 is 5.97 Å². The number of carboxylic acids is 1. The molecule has 2 aliphatic heterocycles. The summed E-state index contributed by atoms with van der Waals surface area (Å²) in [7, 11) is 0. The maximum absolute atomic E-state index is 12.6. The van der Waals surface area contributed by atoms with E-state index in [9.17, 15) is 30.5 Å². The lowest BCUT2D eigenvalue weighted by molar-refractivity contribution is -0.435. The Balaban J connectivity index is 1.32. The first-order valence-electron chi connectivity index (χ1n) is 21.7. The minimum atomic E-state index is -0.980. The number of aliphatic carboxylic acids is 1. The van der Waals surface area contributed by atoms with E-state index in [4.69, 9.17) is 4.74 Å². The van der Waals surface area contributed by atoms with Crippen molar-refractivity contribution in [2.45, 2.75) is 55.3 Å². The van der Waals surface area contributed by atoms with Gasteiger partial charge in [0.05, 0.1) is 45.3 Å². The van der Waals surface area contributed by atoms with E-state index in [1.807, 2.05) is 88.5 Å². The monoisotopic (exact) mass is 871 g/mol. The SMILES string of the molecule is N#CC(=C\C(C#N)=C1\Sc2ccc3ccccc3c2N1CCOC=O)/C=C(\C#N)C1=[N+](CCC(=O)O)c2c(c3ccccc3c3ccccc23)C1(CC1=CCCCC1)Cc1cccnc1. The van der Waals surface area contributed by atoms with Crippen LogP contribution in [-0.2, 0) is 26.2 Å². The largest absolute Gasteiger partial charge is 0.481 e. The Labute approximate surface area is 381 Å². The molecule has 0 amide bonds. The number of pyridine rings is 1. The number of rotatable bonds is 14. The molecular formula is C54H43N6O4S+. The number of hydrogen-bond acceptors (Lipinski definition) is 9. The van der Waals surface area contributed by atoms with Crippen molar-refractivity contribution in [2.24, 2.45) is 0 Å². The number of fused-ring (bicyclic) bond motifs is 9. The number of thioether (sulfide) groups is 1. The minimum absolute atomic E-state index is 0.0616. The first-order chi connectivity index (χ1) is 31.9. The summed E-state index contributed by atoms with van der Waals surface area (Å²) in [4.78, 5) is 31.2. The molecule has 10 nitrogen and oxygen atoms in total. The van der Waals surface area contributed by atoms with Crippen LogP contribution in [0.5, 0.6) is 0 Å². The molecule has 5 aromatic carbocycles. The number of carboxylic acid groups (broad SMARTS) is 1. The molecule has 318 valence electrons. The molecule has 0 spiro atoms. The zero-order valence-corrected chi connectivity index (χ0v) is 36.4. The van der Waals surface area contributed by atoms with E-state index in [-0.39, 0.29) is 42.8 Å². The van der Waals surface area contributed by atoms with Gasteiger partial charge in [-0.2, -0.15) is 20.4 Å². The Morgan fingerprint density at radius 1 is 0.862 bits per heavy atom. The molecule has 65 heavy (non-hydrogen) atoms. The normalized spacial score (nSPS) is 17.9. The van der Waals surface area contributed by atoms with E-state index in [2.05, 4.69) is 53.5 Å². The molecule has 11 heteroatoms. The predicted octanol–water partition coefficient (Wildman–Crippen LogP) is 10.9. The molecule has 6 aromatic rings. The summed E-state index contributed by atoms with van der Waals surface area (Å²) in [5, 5.41) is 50.2. The third-order valence-corrected chi connectivity index (χ3v) is 13.8. The van der Waals surface area contributed by atoms with Crippen LogP contribution in [0.2, 0.25) is 0 Å². The van der Waals surface area contributed by atoms with E-state index in [0.29, 0.717) is 30.1 Å². The van der Waals surface area contributed by atoms with Gasteiger partial charge in [0.15, 0.2) is 6.54 Å². The van der Waals surface area contributed by atoms with Crippen LogP contribution in [0.1, 0.15) is 49.7 Å². The summed E-state index contributed by atoms with van der Waals surface area (Å²) in [6.45, 7) is 0.775. The Hall–Kier alpha value is -7.78. The number of aromatic nitrogens is 1. The molecular weight excluding hydrogens is 829 g/mol. The van der Waals surface area contributed by atoms with Crippen molar-refractivity contribution in [3.63, 3.8) is 0 Å². The molecule has 9 rings (SSSR count). The molecule has 1 atom stereocenters. The molecule has 0 bridgehead atoms. The summed E-state index contributed by atoms with van der Waals surface area (Å²) in [5.41, 5.74) is 5.07. The molecule has 0 radical (unpaired) electrons. The van der Waals surface area contributed by atoms with Crippen LogP contribution in [-0.4, -0.2) is 52.5 Å². The van der Waals surface area contributed by atoms with Crippen LogP contribution in [0.25, 0.3) is 32.3 Å². The quantitative estimate of drug-likeness (QED) is 0.0213. The van der Waals surface area contributed by atoms with Crippen LogP contribution >= 0.6 is 11.8 Å². The zero-order chi connectivity index (χ0) is 44.9. The average molecular weight is 872 g/mol. The number of allylic oxidation sites excluding steroid dienone is 7. The number of carbonyl (C=O) groups excluding carboxylic acids is 1. The number of carbonyl (C=O) groups is 2. The molecule has 3 heterocycles. The highest BCUT2D eigenvalue weighted by Crippen LogP contribution is 2.55. The van der Waals surface area contributed by atoms with Crippen molar-refractivity contribution < 1.29 is 24.0 Å². The van der Waals surface area contributed by atoms with Gasteiger partial charge in [0.1, 0.15) is 30.7 Å². The highest BCUT2D eigenvalue weighted by atomic mass is 32.2. The summed E-state index contributed by atoms with van der Waals surface area (Å²) in [5.74, 6) is -0.980. The van der Waals surface area contributed by atoms with Crippen molar-refractivity contribution in [3.05, 3.63) is 166 Å². The van der Waals surface area contributed by atoms with Gasteiger partial charge in [-0.05, 0) is 96.0 Å². The van der Waals surface area contributed by atoms with Crippen molar-refractivity contribution in [3.8, 4) is 18.2 Å². The average Bonchev–Trinajstić information content (AvgIpc) is 3.85. The van der Waals surface area contributed by atoms with Gasteiger partial charge in [-0.1, -0.05) is 102 Å². The summed E-state index contributed by atoms with van der Waals surface area (Å²) < 4.78 is 7.19. The van der Waals surface area contributed by atoms with E-state index in [0.717, 1.165) is 85.4 Å². The highest BCUT2D eigenvalue weighted by Gasteiger charge is 2.56. The van der Waals surface area contributed by atoms with Crippen LogP contribution in [0.15, 0.2) is 160 Å². The van der Waals surface area contributed by atoms with Crippen LogP contribution in [0.3, 0.4) is 0 Å². The van der Waals surface area contributed by atoms with Gasteiger partial charge in [-0.25, -0.2) is 0 Å². The fourth-order valence-corrected chi connectivity index (χ4v) is 11.3. The van der Waals surface area contributed by atoms with E-state index in [1.165, 1.54) is 23.4 Å². The third-order valence-electron chi connectivity index (χ3n) is 12.6. The number of nitrogens with zero attached hydrogens (tertiary/aromatic N) is 6. The lowest BCUT2D eigenvalue weighted by atomic mass is 9.65. The van der Waals surface area contributed by atoms with Gasteiger partial charge in [-0.3, -0.25) is 14.6 Å². The maximum atomic E-state index is 12.6. The minimum Gasteiger partial charge on any atom is -0.481 e. The van der Waals surface area contributed by atoms with Crippen LogP contribution < -0.4 is 4.90 Å². The van der Waals surface area contributed by atoms with Gasteiger partial charge in [-0.15, -0.1) is 0 Å². The Bertz CT molecular complexity index is 3220. The van der Waals surface area contributed by atoms with Crippen molar-refractivity contribution in [1.82, 2.24) is 4.98 Å². The van der Waals surface area contributed by atoms with Crippen LogP contribution in [0.4, 0.5) is 11.4 Å². The molecule has 1 unspecified atom stereocenters. The lowest BCUT2D eigenvalue weighted by Gasteiger charge is -2.32. The summed E-state index contributed by atoms with van der Waals surface area (Å²) in [6, 6.07) is 39.5. The van der Waals surface area contributed by atoms with Gasteiger partial charge < -0.3 is 14.7 Å². The maximum Gasteiger partial charge on any atom is 0.309 e. The lowest BCUT2D eigenvalue weighted by Crippen LogP contribution is -2.40. The number of ether oxygens (including phenoxy) is 1. The first-order valence-corrected chi connectivity index (χ1v) is 22.5. The van der Waals surface area contributed by atoms with E-state index < -0.39 is 11.4 Å². The first kappa shape index (κ1) is 42.5. The fourth-order valence-electron chi connectivity index (χ4n) is 10.1. The fraction of sp³-hybridized carbons (Fsp3) is 0.204. The van der Waals surface area contributed by atoms with E-state index in [1.54, 1.807) is 12.3 Å². The summed E-state index contributed by atoms with van der Waals surface area (Å²) >= 11 is 1.39. The second-order valence-corrected chi connectivity index (χ2v) is 17.5. The smallest absolute Gasteiger partial charge is 0.309 e. The molecule has 3 aliphatic rings. The second-order valence-electron chi connectivity index (χ2n) is 16.4. The molecule has 1 aliphatic carbocycles. The van der Waals surface area contributed by atoms with Gasteiger partial charge in [0.25, 0.3) is 6.47 Å². The van der Waals surface area contributed by atoms with E-state index >= 15 is 0 Å². The van der Waals surface area contributed by atoms with Crippen molar-refractivity contribution in [2.75, 3.05) is 24.6 Å². The molecule has 0 saturated carbocycles. The Kier molecular flexibility index (Phi) is 12.1. The standard InChI is InChI=1S/C54H42N6O4S/c55-31-38(28-41(33-57)53-60(25-26-64-35-61)50-42-15-5-4-14-39(42)20-21-47(50)65-53)27-40(32-56)52-54(29-36-11-2-1-3-12-36,30-37-13-10-23-58-34-37)49-45-18-8-6-16-43(45)44-17-7-9-19-46(44)51(49)59(52)24-22-48(62)63/h4-11,13-21,23,27-28,34-35H,1-3,12,22,24-26,29-30H2/p+1. The molecule has 1 N–H and O–H groups in total. The Morgan fingerprint density at radius 2 is 1.62 bits per heavy atom. The second kappa shape index (κ2) is 18.5. The van der Waals surface area contributed by atoms with Crippen LogP contribution in [0, 0.1) is 34.0 Å². The number of nitriles is 3. The topological polar surface area (TPSA) is 154 Å². The highest BCUT2D eigenvalue weighted by molar-refractivity contribution is 8.03. The predicted molar refractivity (Wildman–Crippen MR) is 253 cm³/mol. The van der Waals surface area contributed by atoms with Crippen molar-refractivity contribution in [1.29, 1.82) is 15.8 Å². The summed E-state index contributed by atoms with van der Waals surface area (Å²) in [6.07, 6.45) is 13.7.